The third kappa shape index (κ3) is 3.24. The van der Waals surface area contributed by atoms with Crippen LogP contribution in [0.4, 0.5) is 11.4 Å². The smallest absolute Gasteiger partial charge is 0.267 e. The molecule has 8 nitrogen and oxygen atoms in total. The van der Waals surface area contributed by atoms with E-state index >= 15 is 0 Å². The SMILES string of the molecule is CC(=O)N1C[C@@H](C(=O)Nc2cccnc2-n2cccn2)Oc2ccccc21. The minimum Gasteiger partial charge on any atom is -0.476 e. The average Bonchev–Trinajstić information content (AvgIpc) is 3.22. The molecule has 1 N–H and O–H groups in total. The number of para-hydroxylation sites is 2. The van der Waals surface area contributed by atoms with Crippen molar-refractivity contribution in [2.24, 2.45) is 0 Å². The average molecular weight is 363 g/mol. The zero-order valence-corrected chi connectivity index (χ0v) is 14.6. The molecule has 3 aromatic rings. The Balaban J connectivity index is 1.59. The number of hydrogen-bond acceptors (Lipinski definition) is 5. The van der Waals surface area contributed by atoms with Crippen LogP contribution >= 0.6 is 0 Å². The molecule has 136 valence electrons. The predicted octanol–water partition coefficient (Wildman–Crippen LogP) is 2.02. The second kappa shape index (κ2) is 6.91. The normalized spacial score (nSPS) is 15.6. The monoisotopic (exact) mass is 363 g/mol. The van der Waals surface area contributed by atoms with Gasteiger partial charge in [-0.25, -0.2) is 9.67 Å². The molecule has 1 aromatic carbocycles. The Labute approximate surface area is 155 Å². The lowest BCUT2D eigenvalue weighted by Crippen LogP contribution is -2.48. The molecule has 0 fully saturated rings. The second-order valence-electron chi connectivity index (χ2n) is 6.02. The van der Waals surface area contributed by atoms with Gasteiger partial charge < -0.3 is 15.0 Å². The highest BCUT2D eigenvalue weighted by Crippen LogP contribution is 2.33. The summed E-state index contributed by atoms with van der Waals surface area (Å²) in [5.74, 6) is 0.479. The number of rotatable bonds is 3. The summed E-state index contributed by atoms with van der Waals surface area (Å²) in [6.07, 6.45) is 4.15. The quantitative estimate of drug-likeness (QED) is 0.769. The number of carbonyl (C=O) groups excluding carboxylic acids is 2. The summed E-state index contributed by atoms with van der Waals surface area (Å²) in [6, 6.07) is 12.4. The Morgan fingerprint density at radius 2 is 2.00 bits per heavy atom. The Bertz CT molecular complexity index is 987. The Morgan fingerprint density at radius 3 is 2.78 bits per heavy atom. The third-order valence-electron chi connectivity index (χ3n) is 4.21. The fraction of sp³-hybridized carbons (Fsp3) is 0.158. The first-order valence-electron chi connectivity index (χ1n) is 8.43. The molecule has 27 heavy (non-hydrogen) atoms. The van der Waals surface area contributed by atoms with Crippen LogP contribution in [0.3, 0.4) is 0 Å². The highest BCUT2D eigenvalue weighted by molar-refractivity contribution is 6.00. The number of ether oxygens (including phenoxy) is 1. The van der Waals surface area contributed by atoms with Crippen LogP contribution in [0.25, 0.3) is 5.82 Å². The van der Waals surface area contributed by atoms with Crippen molar-refractivity contribution in [2.75, 3.05) is 16.8 Å². The zero-order chi connectivity index (χ0) is 18.8. The maximum atomic E-state index is 12.8. The van der Waals surface area contributed by atoms with Gasteiger partial charge >= 0.3 is 0 Å². The first-order valence-corrected chi connectivity index (χ1v) is 8.43. The van der Waals surface area contributed by atoms with Crippen molar-refractivity contribution in [1.82, 2.24) is 14.8 Å². The maximum Gasteiger partial charge on any atom is 0.267 e. The van der Waals surface area contributed by atoms with Gasteiger partial charge in [0.1, 0.15) is 5.75 Å². The van der Waals surface area contributed by atoms with E-state index in [4.69, 9.17) is 4.74 Å². The van der Waals surface area contributed by atoms with Crippen molar-refractivity contribution in [3.63, 3.8) is 0 Å². The standard InChI is InChI=1S/C19H17N5O3/c1-13(25)23-12-17(27-16-8-3-2-7-15(16)23)19(26)22-14-6-4-9-20-18(14)24-11-5-10-21-24/h2-11,17H,12H2,1H3,(H,22,26)/t17-/m0/s1. The first kappa shape index (κ1) is 16.8. The summed E-state index contributed by atoms with van der Waals surface area (Å²) in [5.41, 5.74) is 1.16. The molecule has 0 saturated carbocycles. The largest absolute Gasteiger partial charge is 0.476 e. The minimum absolute atomic E-state index is 0.134. The molecule has 0 radical (unpaired) electrons. The highest BCUT2D eigenvalue weighted by atomic mass is 16.5. The van der Waals surface area contributed by atoms with Crippen molar-refractivity contribution in [3.05, 3.63) is 61.1 Å². The number of nitrogens with zero attached hydrogens (tertiary/aromatic N) is 4. The number of hydrogen-bond donors (Lipinski definition) is 1. The fourth-order valence-corrected chi connectivity index (χ4v) is 2.95. The summed E-state index contributed by atoms with van der Waals surface area (Å²) in [5, 5.41) is 6.98. The van der Waals surface area contributed by atoms with Gasteiger partial charge in [-0.15, -0.1) is 0 Å². The van der Waals surface area contributed by atoms with Crippen LogP contribution < -0.4 is 15.0 Å². The number of anilines is 2. The van der Waals surface area contributed by atoms with Crippen LogP contribution in [-0.2, 0) is 9.59 Å². The molecule has 0 unspecified atom stereocenters. The van der Waals surface area contributed by atoms with Gasteiger partial charge in [0.15, 0.2) is 11.9 Å². The van der Waals surface area contributed by atoms with E-state index in [0.717, 1.165) is 0 Å². The minimum atomic E-state index is -0.838. The Morgan fingerprint density at radius 1 is 1.15 bits per heavy atom. The van der Waals surface area contributed by atoms with Crippen LogP contribution in [0.2, 0.25) is 0 Å². The third-order valence-corrected chi connectivity index (χ3v) is 4.21. The summed E-state index contributed by atoms with van der Waals surface area (Å²) < 4.78 is 7.39. The van der Waals surface area contributed by atoms with Crippen molar-refractivity contribution in [3.8, 4) is 11.6 Å². The van der Waals surface area contributed by atoms with E-state index in [2.05, 4.69) is 15.4 Å². The van der Waals surface area contributed by atoms with Crippen LogP contribution in [0.5, 0.6) is 5.75 Å². The molecule has 3 heterocycles. The molecule has 8 heteroatoms. The Kier molecular flexibility index (Phi) is 4.29. The fourth-order valence-electron chi connectivity index (χ4n) is 2.95. The topological polar surface area (TPSA) is 89.4 Å². The molecule has 0 saturated heterocycles. The molecule has 2 aromatic heterocycles. The summed E-state index contributed by atoms with van der Waals surface area (Å²) in [7, 11) is 0. The summed E-state index contributed by atoms with van der Waals surface area (Å²) in [4.78, 5) is 30.7. The molecular formula is C19H17N5O3. The number of benzene rings is 1. The predicted molar refractivity (Wildman–Crippen MR) is 98.9 cm³/mol. The number of carbonyl (C=O) groups is 2. The molecule has 1 aliphatic rings. The zero-order valence-electron chi connectivity index (χ0n) is 14.6. The highest BCUT2D eigenvalue weighted by Gasteiger charge is 2.32. The molecule has 0 spiro atoms. The van der Waals surface area contributed by atoms with E-state index in [9.17, 15) is 9.59 Å². The molecule has 0 aliphatic carbocycles. The van der Waals surface area contributed by atoms with E-state index in [1.54, 1.807) is 64.6 Å². The van der Waals surface area contributed by atoms with Gasteiger partial charge in [0.25, 0.3) is 5.91 Å². The van der Waals surface area contributed by atoms with Gasteiger partial charge in [0, 0.05) is 25.5 Å². The number of pyridine rings is 1. The molecule has 1 atom stereocenters. The summed E-state index contributed by atoms with van der Waals surface area (Å²) >= 11 is 0. The van der Waals surface area contributed by atoms with Gasteiger partial charge in [-0.1, -0.05) is 12.1 Å². The van der Waals surface area contributed by atoms with E-state index in [1.807, 2.05) is 6.07 Å². The van der Waals surface area contributed by atoms with Gasteiger partial charge in [-0.05, 0) is 30.3 Å². The molecular weight excluding hydrogens is 346 g/mol. The van der Waals surface area contributed by atoms with Gasteiger partial charge in [0.2, 0.25) is 5.91 Å². The van der Waals surface area contributed by atoms with Crippen LogP contribution in [0.15, 0.2) is 61.1 Å². The lowest BCUT2D eigenvalue weighted by molar-refractivity contribution is -0.123. The van der Waals surface area contributed by atoms with Gasteiger partial charge in [-0.3, -0.25) is 9.59 Å². The summed E-state index contributed by atoms with van der Waals surface area (Å²) in [6.45, 7) is 1.60. The van der Waals surface area contributed by atoms with Crippen LogP contribution in [0.1, 0.15) is 6.92 Å². The van der Waals surface area contributed by atoms with Gasteiger partial charge in [0.05, 0.1) is 17.9 Å². The van der Waals surface area contributed by atoms with Crippen LogP contribution in [0, 0.1) is 0 Å². The molecule has 4 rings (SSSR count). The van der Waals surface area contributed by atoms with Crippen molar-refractivity contribution in [1.29, 1.82) is 0 Å². The number of fused-ring (bicyclic) bond motifs is 1. The number of amides is 2. The second-order valence-corrected chi connectivity index (χ2v) is 6.02. The Hall–Kier alpha value is -3.68. The van der Waals surface area contributed by atoms with E-state index in [1.165, 1.54) is 6.92 Å². The van der Waals surface area contributed by atoms with Crippen LogP contribution in [-0.4, -0.2) is 39.2 Å². The van der Waals surface area contributed by atoms with E-state index in [0.29, 0.717) is 22.9 Å². The maximum absolute atomic E-state index is 12.8. The molecule has 1 aliphatic heterocycles. The number of nitrogens with one attached hydrogen (secondary N) is 1. The van der Waals surface area contributed by atoms with E-state index < -0.39 is 6.10 Å². The molecule has 2 amide bonds. The molecule has 0 bridgehead atoms. The van der Waals surface area contributed by atoms with Crippen molar-refractivity contribution < 1.29 is 14.3 Å². The lowest BCUT2D eigenvalue weighted by Gasteiger charge is -2.33. The van der Waals surface area contributed by atoms with Crippen molar-refractivity contribution >= 4 is 23.2 Å². The van der Waals surface area contributed by atoms with Gasteiger partial charge in [-0.2, -0.15) is 5.10 Å². The number of aromatic nitrogens is 3. The van der Waals surface area contributed by atoms with Crippen molar-refractivity contribution in [2.45, 2.75) is 13.0 Å². The lowest BCUT2D eigenvalue weighted by atomic mass is 10.1. The van der Waals surface area contributed by atoms with E-state index in [-0.39, 0.29) is 18.4 Å². The first-order chi connectivity index (χ1) is 13.1.